The Kier molecular flexibility index (Phi) is 5.61. The predicted molar refractivity (Wildman–Crippen MR) is 122 cm³/mol. The molecule has 1 fully saturated rings. The second-order valence-corrected chi connectivity index (χ2v) is 8.24. The van der Waals surface area contributed by atoms with Gasteiger partial charge < -0.3 is 15.4 Å². The molecule has 0 saturated carbocycles. The Morgan fingerprint density at radius 2 is 2.00 bits per heavy atom. The van der Waals surface area contributed by atoms with Crippen LogP contribution < -0.4 is 10.6 Å². The SMILES string of the molecule is O=C(Nc1ccc(CN2CCOCC2)cc1)c1[nH]ncc1Nc1nccc2ccsc12. The van der Waals surface area contributed by atoms with Gasteiger partial charge in [0.2, 0.25) is 0 Å². The lowest BCUT2D eigenvalue weighted by Gasteiger charge is -2.26. The smallest absolute Gasteiger partial charge is 0.275 e. The first-order valence-corrected chi connectivity index (χ1v) is 11.0. The van der Waals surface area contributed by atoms with Gasteiger partial charge in [-0.05, 0) is 40.6 Å². The molecule has 31 heavy (non-hydrogen) atoms. The van der Waals surface area contributed by atoms with Crippen LogP contribution in [0.5, 0.6) is 0 Å². The Hall–Kier alpha value is -3.27. The zero-order chi connectivity index (χ0) is 21.0. The van der Waals surface area contributed by atoms with Crippen LogP contribution in [0.15, 0.2) is 54.2 Å². The maximum absolute atomic E-state index is 12.8. The van der Waals surface area contributed by atoms with Gasteiger partial charge in [0.1, 0.15) is 11.5 Å². The number of thiophene rings is 1. The van der Waals surface area contributed by atoms with Gasteiger partial charge in [0, 0.05) is 31.5 Å². The molecule has 3 aromatic heterocycles. The summed E-state index contributed by atoms with van der Waals surface area (Å²) in [5.74, 6) is 0.440. The number of fused-ring (bicyclic) bond motifs is 1. The molecule has 0 spiro atoms. The first-order chi connectivity index (χ1) is 15.3. The quantitative estimate of drug-likeness (QED) is 0.427. The number of benzene rings is 1. The van der Waals surface area contributed by atoms with Crippen molar-refractivity contribution in [2.75, 3.05) is 36.9 Å². The van der Waals surface area contributed by atoms with Crippen molar-refractivity contribution in [3.05, 3.63) is 65.4 Å². The highest BCUT2D eigenvalue weighted by Gasteiger charge is 2.16. The minimum Gasteiger partial charge on any atom is -0.379 e. The standard InChI is InChI=1S/C22H22N6O2S/c29-22(25-17-3-1-15(2-4-17)14-28-8-10-30-11-9-28)19-18(13-24-27-19)26-21-20-16(5-7-23-21)6-12-31-20/h1-7,12-13H,8-11,14H2,(H,23,26)(H,24,27)(H,25,29). The third-order valence-corrected chi connectivity index (χ3v) is 6.15. The minimum absolute atomic E-state index is 0.265. The molecular weight excluding hydrogens is 412 g/mol. The maximum Gasteiger partial charge on any atom is 0.275 e. The van der Waals surface area contributed by atoms with E-state index < -0.39 is 0 Å². The van der Waals surface area contributed by atoms with Crippen molar-refractivity contribution >= 4 is 44.5 Å². The van der Waals surface area contributed by atoms with Crippen LogP contribution in [0.2, 0.25) is 0 Å². The van der Waals surface area contributed by atoms with E-state index in [-0.39, 0.29) is 5.91 Å². The molecule has 1 aliphatic rings. The van der Waals surface area contributed by atoms with Crippen LogP contribution in [0.3, 0.4) is 0 Å². The third kappa shape index (κ3) is 4.43. The zero-order valence-corrected chi connectivity index (χ0v) is 17.6. The molecule has 1 saturated heterocycles. The number of aromatic amines is 1. The summed E-state index contributed by atoms with van der Waals surface area (Å²) in [4.78, 5) is 19.6. The number of ether oxygens (including phenoxy) is 1. The molecule has 1 aromatic carbocycles. The normalized spacial score (nSPS) is 14.6. The number of nitrogens with one attached hydrogen (secondary N) is 3. The largest absolute Gasteiger partial charge is 0.379 e. The highest BCUT2D eigenvalue weighted by Crippen LogP contribution is 2.29. The summed E-state index contributed by atoms with van der Waals surface area (Å²) in [6.07, 6.45) is 3.34. The van der Waals surface area contributed by atoms with Crippen molar-refractivity contribution < 1.29 is 9.53 Å². The third-order valence-electron chi connectivity index (χ3n) is 5.21. The van der Waals surface area contributed by atoms with Crippen molar-refractivity contribution in [2.24, 2.45) is 0 Å². The first kappa shape index (κ1) is 19.7. The molecule has 1 amide bonds. The van der Waals surface area contributed by atoms with Crippen molar-refractivity contribution in [3.63, 3.8) is 0 Å². The van der Waals surface area contributed by atoms with Crippen molar-refractivity contribution in [3.8, 4) is 0 Å². The van der Waals surface area contributed by atoms with Crippen molar-refractivity contribution in [2.45, 2.75) is 6.54 Å². The van der Waals surface area contributed by atoms with Gasteiger partial charge in [-0.25, -0.2) is 4.98 Å². The number of H-pyrrole nitrogens is 1. The van der Waals surface area contributed by atoms with E-state index in [1.54, 1.807) is 23.7 Å². The summed E-state index contributed by atoms with van der Waals surface area (Å²) < 4.78 is 6.43. The molecular formula is C22H22N6O2S. The molecule has 8 nitrogen and oxygen atoms in total. The monoisotopic (exact) mass is 434 g/mol. The number of aromatic nitrogens is 3. The Balaban J connectivity index is 1.26. The number of nitrogens with zero attached hydrogens (tertiary/aromatic N) is 3. The summed E-state index contributed by atoms with van der Waals surface area (Å²) in [6, 6.07) is 11.9. The average Bonchev–Trinajstić information content (AvgIpc) is 3.46. The lowest BCUT2D eigenvalue weighted by molar-refractivity contribution is 0.0342. The van der Waals surface area contributed by atoms with Crippen molar-refractivity contribution in [1.29, 1.82) is 0 Å². The van der Waals surface area contributed by atoms with E-state index in [4.69, 9.17) is 4.74 Å². The molecule has 0 radical (unpaired) electrons. The van der Waals surface area contributed by atoms with Crippen LogP contribution in [-0.4, -0.2) is 52.3 Å². The van der Waals surface area contributed by atoms with Gasteiger partial charge in [0.15, 0.2) is 0 Å². The summed E-state index contributed by atoms with van der Waals surface area (Å²) in [7, 11) is 0. The highest BCUT2D eigenvalue weighted by molar-refractivity contribution is 7.17. The molecule has 0 bridgehead atoms. The Labute approximate surface area is 183 Å². The van der Waals surface area contributed by atoms with Crippen LogP contribution in [0, 0.1) is 0 Å². The van der Waals surface area contributed by atoms with Crippen LogP contribution in [0.4, 0.5) is 17.2 Å². The fourth-order valence-electron chi connectivity index (χ4n) is 3.57. The van der Waals surface area contributed by atoms with Crippen LogP contribution >= 0.6 is 11.3 Å². The number of pyridine rings is 1. The number of carbonyl (C=O) groups is 1. The molecule has 0 aliphatic carbocycles. The van der Waals surface area contributed by atoms with E-state index in [0.29, 0.717) is 17.2 Å². The molecule has 4 heterocycles. The fourth-order valence-corrected chi connectivity index (χ4v) is 4.41. The first-order valence-electron chi connectivity index (χ1n) is 10.1. The molecule has 158 valence electrons. The molecule has 4 aromatic rings. The second kappa shape index (κ2) is 8.84. The van der Waals surface area contributed by atoms with E-state index >= 15 is 0 Å². The fraction of sp³-hybridized carbons (Fsp3) is 0.227. The molecule has 0 unspecified atom stereocenters. The van der Waals surface area contributed by atoms with Gasteiger partial charge in [-0.3, -0.25) is 14.8 Å². The average molecular weight is 435 g/mol. The van der Waals surface area contributed by atoms with Crippen LogP contribution in [0.25, 0.3) is 10.1 Å². The van der Waals surface area contributed by atoms with Crippen LogP contribution in [0.1, 0.15) is 16.1 Å². The van der Waals surface area contributed by atoms with Crippen molar-refractivity contribution in [1.82, 2.24) is 20.1 Å². The Morgan fingerprint density at radius 3 is 2.84 bits per heavy atom. The molecule has 3 N–H and O–H groups in total. The number of rotatable bonds is 6. The van der Waals surface area contributed by atoms with Crippen LogP contribution in [-0.2, 0) is 11.3 Å². The second-order valence-electron chi connectivity index (χ2n) is 7.32. The number of morpholine rings is 1. The van der Waals surface area contributed by atoms with E-state index in [0.717, 1.165) is 48.6 Å². The minimum atomic E-state index is -0.265. The van der Waals surface area contributed by atoms with E-state index in [1.165, 1.54) is 5.56 Å². The number of carbonyl (C=O) groups excluding carboxylic acids is 1. The highest BCUT2D eigenvalue weighted by atomic mass is 32.1. The van der Waals surface area contributed by atoms with Gasteiger partial charge >= 0.3 is 0 Å². The topological polar surface area (TPSA) is 95.2 Å². The zero-order valence-electron chi connectivity index (χ0n) is 16.8. The summed E-state index contributed by atoms with van der Waals surface area (Å²) in [5, 5.41) is 16.1. The van der Waals surface area contributed by atoms with Gasteiger partial charge in [-0.2, -0.15) is 5.10 Å². The number of hydrogen-bond donors (Lipinski definition) is 3. The maximum atomic E-state index is 12.8. The summed E-state index contributed by atoms with van der Waals surface area (Å²) in [6.45, 7) is 4.34. The van der Waals surface area contributed by atoms with Gasteiger partial charge in [-0.1, -0.05) is 12.1 Å². The van der Waals surface area contributed by atoms with E-state index in [9.17, 15) is 4.79 Å². The molecule has 9 heteroatoms. The summed E-state index contributed by atoms with van der Waals surface area (Å²) in [5.41, 5.74) is 2.87. The number of hydrogen-bond acceptors (Lipinski definition) is 7. The van der Waals surface area contributed by atoms with Gasteiger partial charge in [0.05, 0.1) is 29.8 Å². The molecule has 5 rings (SSSR count). The number of anilines is 3. The molecule has 0 atom stereocenters. The summed E-state index contributed by atoms with van der Waals surface area (Å²) >= 11 is 1.60. The van der Waals surface area contributed by atoms with Gasteiger partial charge in [-0.15, -0.1) is 11.3 Å². The van der Waals surface area contributed by atoms with Gasteiger partial charge in [0.25, 0.3) is 5.91 Å². The number of amides is 1. The predicted octanol–water partition coefficient (Wildman–Crippen LogP) is 3.85. The molecule has 1 aliphatic heterocycles. The lowest BCUT2D eigenvalue weighted by Crippen LogP contribution is -2.35. The van der Waals surface area contributed by atoms with E-state index in [2.05, 4.69) is 30.7 Å². The Bertz CT molecular complexity index is 1180. The van der Waals surface area contributed by atoms with E-state index in [1.807, 2.05) is 41.8 Å². The lowest BCUT2D eigenvalue weighted by atomic mass is 10.2. The Morgan fingerprint density at radius 1 is 1.16 bits per heavy atom.